The maximum Gasteiger partial charge on any atom is 0.226 e. The van der Waals surface area contributed by atoms with E-state index in [0.717, 1.165) is 32.1 Å². The molecule has 47 heavy (non-hydrogen) atoms. The molecule has 13 atom stereocenters. The SMILES string of the molecule is C=C(C)[C@@H]1C[C@@H](C(=O)N[C@@H]2C[C@H](C(=O)N3CCOCC3)C2(C)C)C2CC[C@]3(C)[C@H](CC[C@@H]4[C@@]5(C)CC[C@H](O)C(C)(C)[C@@H]5CC[C@]43C)[C@H]21. The number of ether oxygens (including phenoxy) is 1. The summed E-state index contributed by atoms with van der Waals surface area (Å²) in [6, 6.07) is 0.0460. The molecular formula is C41H66N2O4. The Morgan fingerprint density at radius 2 is 1.49 bits per heavy atom. The van der Waals surface area contributed by atoms with Crippen molar-refractivity contribution in [2.75, 3.05) is 26.3 Å². The van der Waals surface area contributed by atoms with Gasteiger partial charge in [-0.2, -0.15) is 0 Å². The number of carbonyl (C=O) groups is 2. The summed E-state index contributed by atoms with van der Waals surface area (Å²) in [4.78, 5) is 29.6. The van der Waals surface area contributed by atoms with Crippen LogP contribution < -0.4 is 5.32 Å². The topological polar surface area (TPSA) is 78.9 Å². The van der Waals surface area contributed by atoms with Gasteiger partial charge in [0.05, 0.1) is 19.3 Å². The molecule has 1 saturated heterocycles. The number of allylic oxidation sites excluding steroid dienone is 1. The average Bonchev–Trinajstić information content (AvgIpc) is 3.42. The van der Waals surface area contributed by atoms with Crippen molar-refractivity contribution in [1.29, 1.82) is 0 Å². The highest BCUT2D eigenvalue weighted by Crippen LogP contribution is 2.76. The van der Waals surface area contributed by atoms with Crippen molar-refractivity contribution < 1.29 is 19.4 Å². The molecule has 6 nitrogen and oxygen atoms in total. The highest BCUT2D eigenvalue weighted by atomic mass is 16.5. The molecule has 264 valence electrons. The summed E-state index contributed by atoms with van der Waals surface area (Å²) in [5.74, 6) is 3.71. The first-order chi connectivity index (χ1) is 22.0. The Balaban J connectivity index is 1.09. The molecule has 0 spiro atoms. The van der Waals surface area contributed by atoms with Crippen molar-refractivity contribution in [3.63, 3.8) is 0 Å². The minimum Gasteiger partial charge on any atom is -0.393 e. The smallest absolute Gasteiger partial charge is 0.226 e. The zero-order chi connectivity index (χ0) is 33.9. The van der Waals surface area contributed by atoms with Crippen LogP contribution in [0.3, 0.4) is 0 Å². The first-order valence-electron chi connectivity index (χ1n) is 19.5. The monoisotopic (exact) mass is 651 g/mol. The molecule has 7 aliphatic rings. The van der Waals surface area contributed by atoms with E-state index in [1.54, 1.807) is 0 Å². The van der Waals surface area contributed by atoms with Gasteiger partial charge in [-0.25, -0.2) is 0 Å². The second-order valence-corrected chi connectivity index (χ2v) is 19.7. The fourth-order valence-electron chi connectivity index (χ4n) is 14.4. The summed E-state index contributed by atoms with van der Waals surface area (Å²) in [7, 11) is 0. The number of hydrogen-bond donors (Lipinski definition) is 2. The van der Waals surface area contributed by atoms with Gasteiger partial charge in [0.15, 0.2) is 0 Å². The molecule has 0 radical (unpaired) electrons. The lowest BCUT2D eigenvalue weighted by molar-refractivity contribution is -0.241. The molecule has 2 amide bonds. The van der Waals surface area contributed by atoms with E-state index in [0.29, 0.717) is 61.8 Å². The number of aliphatic hydroxyl groups is 1. The van der Waals surface area contributed by atoms with Crippen LogP contribution in [0.2, 0.25) is 0 Å². The number of carbonyl (C=O) groups excluding carboxylic acids is 2. The van der Waals surface area contributed by atoms with Crippen LogP contribution in [-0.2, 0) is 14.3 Å². The van der Waals surface area contributed by atoms with E-state index in [9.17, 15) is 14.7 Å². The van der Waals surface area contributed by atoms with Crippen LogP contribution in [0, 0.1) is 74.4 Å². The number of aliphatic hydroxyl groups excluding tert-OH is 1. The molecule has 1 aliphatic heterocycles. The highest BCUT2D eigenvalue weighted by molar-refractivity contribution is 5.83. The number of rotatable bonds is 4. The molecule has 7 rings (SSSR count). The quantitative estimate of drug-likeness (QED) is 0.314. The van der Waals surface area contributed by atoms with Gasteiger partial charge in [0, 0.05) is 31.0 Å². The number of nitrogens with zero attached hydrogens (tertiary/aromatic N) is 1. The maximum atomic E-state index is 14.3. The molecule has 0 aromatic carbocycles. The van der Waals surface area contributed by atoms with Crippen LogP contribution >= 0.6 is 0 Å². The third kappa shape index (κ3) is 4.75. The summed E-state index contributed by atoms with van der Waals surface area (Å²) in [5, 5.41) is 14.6. The molecule has 6 aliphatic carbocycles. The molecule has 2 N–H and O–H groups in total. The molecule has 0 aromatic heterocycles. The Kier molecular flexibility index (Phi) is 8.19. The van der Waals surface area contributed by atoms with Crippen molar-refractivity contribution in [2.24, 2.45) is 74.4 Å². The standard InChI is InChI=1S/C41H66N2O4/c1-24(2)26-22-27(35(45)42-32-23-29(37(32,3)4)36(46)43-18-20-47-21-19-43)25-12-16-40(8)28(34(25)26)10-11-31-39(7)15-14-33(44)38(5,6)30(39)13-17-41(31,40)9/h25-34,44H,1,10-23H2,2-9H3,(H,42,45)/t25?,26-,27+,28+,29+,30-,31+,32+,33-,34+,39-,40+,41+/m0/s1. The van der Waals surface area contributed by atoms with E-state index >= 15 is 0 Å². The van der Waals surface area contributed by atoms with Crippen LogP contribution in [0.25, 0.3) is 0 Å². The maximum absolute atomic E-state index is 14.3. The van der Waals surface area contributed by atoms with Crippen molar-refractivity contribution in [3.8, 4) is 0 Å². The molecule has 6 heteroatoms. The first kappa shape index (κ1) is 34.1. The first-order valence-corrected chi connectivity index (χ1v) is 19.5. The van der Waals surface area contributed by atoms with E-state index in [1.165, 1.54) is 37.7 Å². The zero-order valence-corrected chi connectivity index (χ0v) is 31.0. The van der Waals surface area contributed by atoms with Gasteiger partial charge in [-0.05, 0) is 134 Å². The Labute approximate surface area is 285 Å². The molecule has 7 fully saturated rings. The predicted octanol–water partition coefficient (Wildman–Crippen LogP) is 7.25. The van der Waals surface area contributed by atoms with Crippen LogP contribution in [0.4, 0.5) is 0 Å². The van der Waals surface area contributed by atoms with Gasteiger partial charge in [0.2, 0.25) is 11.8 Å². The third-order valence-corrected chi connectivity index (χ3v) is 17.5. The minimum absolute atomic E-state index is 0.0222. The van der Waals surface area contributed by atoms with Gasteiger partial charge >= 0.3 is 0 Å². The van der Waals surface area contributed by atoms with Gasteiger partial charge in [-0.1, -0.05) is 60.6 Å². The van der Waals surface area contributed by atoms with Gasteiger partial charge in [-0.15, -0.1) is 0 Å². The molecular weight excluding hydrogens is 584 g/mol. The minimum atomic E-state index is -0.242. The molecule has 1 heterocycles. The van der Waals surface area contributed by atoms with Gasteiger partial charge < -0.3 is 20.1 Å². The zero-order valence-electron chi connectivity index (χ0n) is 31.0. The Hall–Kier alpha value is -1.40. The summed E-state index contributed by atoms with van der Waals surface area (Å²) in [5.41, 5.74) is 1.82. The molecule has 1 unspecified atom stereocenters. The summed E-state index contributed by atoms with van der Waals surface area (Å²) in [6.45, 7) is 26.3. The van der Waals surface area contributed by atoms with Gasteiger partial charge in [0.25, 0.3) is 0 Å². The van der Waals surface area contributed by atoms with Crippen molar-refractivity contribution in [2.45, 2.75) is 132 Å². The third-order valence-electron chi connectivity index (χ3n) is 17.5. The van der Waals surface area contributed by atoms with Crippen LogP contribution in [-0.4, -0.2) is 60.3 Å². The normalized spacial score (nSPS) is 49.8. The van der Waals surface area contributed by atoms with Crippen molar-refractivity contribution in [1.82, 2.24) is 10.2 Å². The van der Waals surface area contributed by atoms with E-state index in [2.05, 4.69) is 67.3 Å². The van der Waals surface area contributed by atoms with Gasteiger partial charge in [-0.3, -0.25) is 9.59 Å². The Bertz CT molecular complexity index is 1290. The van der Waals surface area contributed by atoms with Crippen molar-refractivity contribution >= 4 is 11.8 Å². The lowest BCUT2D eigenvalue weighted by Crippen LogP contribution is -2.66. The summed E-state index contributed by atoms with van der Waals surface area (Å²) < 4.78 is 5.47. The van der Waals surface area contributed by atoms with Crippen LogP contribution in [0.5, 0.6) is 0 Å². The largest absolute Gasteiger partial charge is 0.393 e. The lowest BCUT2D eigenvalue weighted by Gasteiger charge is -2.72. The summed E-state index contributed by atoms with van der Waals surface area (Å²) in [6.07, 6.45) is 11.0. The number of amides is 2. The van der Waals surface area contributed by atoms with Gasteiger partial charge in [0.1, 0.15) is 0 Å². The summed E-state index contributed by atoms with van der Waals surface area (Å²) >= 11 is 0. The predicted molar refractivity (Wildman–Crippen MR) is 186 cm³/mol. The Morgan fingerprint density at radius 1 is 0.809 bits per heavy atom. The van der Waals surface area contributed by atoms with Crippen LogP contribution in [0.15, 0.2) is 12.2 Å². The second kappa shape index (κ2) is 11.3. The molecule has 0 aromatic rings. The fourth-order valence-corrected chi connectivity index (χ4v) is 14.4. The number of morpholine rings is 1. The Morgan fingerprint density at radius 3 is 2.15 bits per heavy atom. The highest BCUT2D eigenvalue weighted by Gasteiger charge is 2.70. The number of hydrogen-bond acceptors (Lipinski definition) is 4. The average molecular weight is 651 g/mol. The number of fused-ring (bicyclic) bond motifs is 7. The second-order valence-electron chi connectivity index (χ2n) is 19.7. The van der Waals surface area contributed by atoms with Crippen LogP contribution in [0.1, 0.15) is 120 Å². The lowest BCUT2D eigenvalue weighted by atomic mass is 9.33. The number of nitrogens with one attached hydrogen (secondary N) is 1. The van der Waals surface area contributed by atoms with E-state index in [4.69, 9.17) is 4.74 Å². The van der Waals surface area contributed by atoms with Crippen molar-refractivity contribution in [3.05, 3.63) is 12.2 Å². The fraction of sp³-hybridized carbons (Fsp3) is 0.902. The van der Waals surface area contributed by atoms with E-state index in [1.807, 2.05) is 4.90 Å². The molecule has 0 bridgehead atoms. The van der Waals surface area contributed by atoms with E-state index < -0.39 is 0 Å². The van der Waals surface area contributed by atoms with E-state index in [-0.39, 0.29) is 62.9 Å². The molecule has 6 saturated carbocycles.